The summed E-state index contributed by atoms with van der Waals surface area (Å²) in [5, 5.41) is 13.3. The van der Waals surface area contributed by atoms with E-state index in [-0.39, 0.29) is 12.6 Å². The highest BCUT2D eigenvalue weighted by Gasteiger charge is 2.34. The fraction of sp³-hybridized carbons (Fsp3) is 0.222. The van der Waals surface area contributed by atoms with Crippen LogP contribution >= 0.6 is 0 Å². The molecule has 2 aromatic carbocycles. The standard InChI is InChI=1S/C18H14F3N3O6/c1-28-13-4-3-9(5-14(13)29-2)8-22-17-23-16(25)11-6-10(18(19,20)21)7-12(24(26)27)15(11)30-17/h3-7H,8H2,1-2H3,(H,22,23,25). The van der Waals surface area contributed by atoms with Gasteiger partial charge in [-0.3, -0.25) is 14.9 Å². The van der Waals surface area contributed by atoms with Crippen LogP contribution in [0.5, 0.6) is 11.5 Å². The summed E-state index contributed by atoms with van der Waals surface area (Å²) < 4.78 is 54.5. The van der Waals surface area contributed by atoms with Gasteiger partial charge in [0.05, 0.1) is 30.1 Å². The van der Waals surface area contributed by atoms with Gasteiger partial charge in [-0.1, -0.05) is 6.07 Å². The Morgan fingerprint density at radius 3 is 2.47 bits per heavy atom. The van der Waals surface area contributed by atoms with E-state index in [0.717, 1.165) is 0 Å². The number of anilines is 1. The number of alkyl halides is 3. The Morgan fingerprint density at radius 2 is 1.87 bits per heavy atom. The van der Waals surface area contributed by atoms with E-state index in [2.05, 4.69) is 10.3 Å². The van der Waals surface area contributed by atoms with Crippen molar-refractivity contribution in [3.8, 4) is 11.5 Å². The van der Waals surface area contributed by atoms with Gasteiger partial charge in [0, 0.05) is 12.6 Å². The molecule has 158 valence electrons. The predicted octanol–water partition coefficient (Wildman–Crippen LogP) is 3.74. The first kappa shape index (κ1) is 20.9. The van der Waals surface area contributed by atoms with Gasteiger partial charge in [-0.2, -0.15) is 18.2 Å². The molecule has 0 saturated carbocycles. The molecule has 0 unspecified atom stereocenters. The lowest BCUT2D eigenvalue weighted by Crippen LogP contribution is -2.14. The number of ether oxygens (including phenoxy) is 2. The molecule has 12 heteroatoms. The van der Waals surface area contributed by atoms with Crippen LogP contribution in [0, 0.1) is 10.1 Å². The molecule has 0 radical (unpaired) electrons. The Morgan fingerprint density at radius 1 is 1.17 bits per heavy atom. The van der Waals surface area contributed by atoms with E-state index in [9.17, 15) is 28.1 Å². The van der Waals surface area contributed by atoms with E-state index in [1.807, 2.05) is 0 Å². The van der Waals surface area contributed by atoms with Crippen LogP contribution in [0.4, 0.5) is 24.9 Å². The average Bonchev–Trinajstić information content (AvgIpc) is 2.70. The van der Waals surface area contributed by atoms with Gasteiger partial charge in [0.1, 0.15) is 0 Å². The molecule has 0 saturated heterocycles. The summed E-state index contributed by atoms with van der Waals surface area (Å²) in [6.07, 6.45) is -4.88. The van der Waals surface area contributed by atoms with Gasteiger partial charge in [-0.25, -0.2) is 0 Å². The summed E-state index contributed by atoms with van der Waals surface area (Å²) in [4.78, 5) is 25.9. The normalized spacial score (nSPS) is 11.4. The topological polar surface area (TPSA) is 117 Å². The molecule has 0 atom stereocenters. The number of hydrogen-bond acceptors (Lipinski definition) is 8. The van der Waals surface area contributed by atoms with Gasteiger partial charge in [0.2, 0.25) is 5.58 Å². The first-order valence-corrected chi connectivity index (χ1v) is 8.29. The molecule has 0 fully saturated rings. The van der Waals surface area contributed by atoms with Gasteiger partial charge < -0.3 is 19.2 Å². The van der Waals surface area contributed by atoms with Crippen molar-refractivity contribution in [3.63, 3.8) is 0 Å². The van der Waals surface area contributed by atoms with E-state index in [4.69, 9.17) is 13.9 Å². The Bertz CT molecular complexity index is 1180. The van der Waals surface area contributed by atoms with Crippen LogP contribution in [0.2, 0.25) is 0 Å². The zero-order valence-electron chi connectivity index (χ0n) is 15.6. The van der Waals surface area contributed by atoms with Gasteiger partial charge in [-0.15, -0.1) is 0 Å². The quantitative estimate of drug-likeness (QED) is 0.469. The third-order valence-corrected chi connectivity index (χ3v) is 4.12. The minimum absolute atomic E-state index is 0.0796. The number of benzene rings is 2. The number of nitro groups is 1. The predicted molar refractivity (Wildman–Crippen MR) is 98.8 cm³/mol. The summed E-state index contributed by atoms with van der Waals surface area (Å²) in [5.41, 5.74) is -3.38. The molecule has 1 heterocycles. The summed E-state index contributed by atoms with van der Waals surface area (Å²) >= 11 is 0. The number of nitrogens with zero attached hydrogens (tertiary/aromatic N) is 2. The number of non-ortho nitro benzene ring substituents is 1. The van der Waals surface area contributed by atoms with E-state index < -0.39 is 38.9 Å². The van der Waals surface area contributed by atoms with Crippen molar-refractivity contribution in [2.24, 2.45) is 0 Å². The van der Waals surface area contributed by atoms with Gasteiger partial charge in [0.15, 0.2) is 11.5 Å². The van der Waals surface area contributed by atoms with Crippen molar-refractivity contribution in [2.75, 3.05) is 19.5 Å². The van der Waals surface area contributed by atoms with Crippen LogP contribution < -0.4 is 20.3 Å². The number of halogens is 3. The third-order valence-electron chi connectivity index (χ3n) is 4.12. The Balaban J connectivity index is 1.99. The van der Waals surface area contributed by atoms with Crippen molar-refractivity contribution in [1.82, 2.24) is 4.98 Å². The number of nitrogens with one attached hydrogen (secondary N) is 1. The van der Waals surface area contributed by atoms with Crippen LogP contribution in [0.25, 0.3) is 11.0 Å². The maximum atomic E-state index is 13.0. The van der Waals surface area contributed by atoms with Crippen molar-refractivity contribution in [3.05, 3.63) is 61.9 Å². The molecule has 3 aromatic rings. The first-order valence-electron chi connectivity index (χ1n) is 8.29. The summed E-state index contributed by atoms with van der Waals surface area (Å²) in [7, 11) is 2.92. The molecule has 0 amide bonds. The van der Waals surface area contributed by atoms with Gasteiger partial charge >= 0.3 is 11.9 Å². The number of fused-ring (bicyclic) bond motifs is 1. The molecule has 1 aromatic heterocycles. The maximum Gasteiger partial charge on any atom is 0.416 e. The van der Waals surface area contributed by atoms with E-state index in [1.54, 1.807) is 18.2 Å². The monoisotopic (exact) mass is 425 g/mol. The number of aromatic nitrogens is 1. The molecule has 0 spiro atoms. The first-order chi connectivity index (χ1) is 14.1. The molecule has 0 aliphatic heterocycles. The lowest BCUT2D eigenvalue weighted by atomic mass is 10.1. The lowest BCUT2D eigenvalue weighted by molar-refractivity contribution is -0.383. The van der Waals surface area contributed by atoms with Crippen LogP contribution in [0.15, 0.2) is 39.5 Å². The highest BCUT2D eigenvalue weighted by molar-refractivity contribution is 5.86. The molecule has 1 N–H and O–H groups in total. The molecule has 30 heavy (non-hydrogen) atoms. The van der Waals surface area contributed by atoms with Gasteiger partial charge in [0.25, 0.3) is 11.6 Å². The summed E-state index contributed by atoms with van der Waals surface area (Å²) in [5.74, 6) is 0.938. The van der Waals surface area contributed by atoms with E-state index in [0.29, 0.717) is 29.2 Å². The Hall–Kier alpha value is -3.83. The molecule has 3 rings (SSSR count). The number of rotatable bonds is 6. The number of methoxy groups -OCH3 is 2. The second-order valence-electron chi connectivity index (χ2n) is 5.99. The molecular weight excluding hydrogens is 411 g/mol. The van der Waals surface area contributed by atoms with Crippen molar-refractivity contribution in [2.45, 2.75) is 12.7 Å². The van der Waals surface area contributed by atoms with Crippen LogP contribution in [-0.4, -0.2) is 24.1 Å². The van der Waals surface area contributed by atoms with Crippen LogP contribution in [0.3, 0.4) is 0 Å². The molecule has 0 aliphatic carbocycles. The average molecular weight is 425 g/mol. The summed E-state index contributed by atoms with van der Waals surface area (Å²) in [6, 6.07) is 5.37. The number of nitro benzene ring substituents is 1. The SMILES string of the molecule is COc1ccc(CNc2nc(=O)c3cc(C(F)(F)F)cc([N+](=O)[O-])c3o2)cc1OC. The van der Waals surface area contributed by atoms with Crippen molar-refractivity contribution in [1.29, 1.82) is 0 Å². The maximum absolute atomic E-state index is 13.0. The zero-order chi connectivity index (χ0) is 22.1. The third kappa shape index (κ3) is 4.11. The molecular formula is C18H14F3N3O6. The largest absolute Gasteiger partial charge is 0.493 e. The molecule has 9 nitrogen and oxygen atoms in total. The van der Waals surface area contributed by atoms with Gasteiger partial charge in [-0.05, 0) is 23.8 Å². The number of hydrogen-bond donors (Lipinski definition) is 1. The minimum Gasteiger partial charge on any atom is -0.493 e. The molecule has 0 aliphatic rings. The summed E-state index contributed by atoms with van der Waals surface area (Å²) in [6.45, 7) is 0.0796. The molecule has 0 bridgehead atoms. The minimum atomic E-state index is -4.88. The second-order valence-corrected chi connectivity index (χ2v) is 5.99. The highest BCUT2D eigenvalue weighted by Crippen LogP contribution is 2.36. The Kier molecular flexibility index (Phi) is 5.49. The van der Waals surface area contributed by atoms with Crippen molar-refractivity contribution >= 4 is 22.7 Å². The zero-order valence-corrected chi connectivity index (χ0v) is 15.6. The fourth-order valence-corrected chi connectivity index (χ4v) is 2.69. The second kappa shape index (κ2) is 7.89. The lowest BCUT2D eigenvalue weighted by Gasteiger charge is -2.11. The fourth-order valence-electron chi connectivity index (χ4n) is 2.69. The highest BCUT2D eigenvalue weighted by atomic mass is 19.4. The van der Waals surface area contributed by atoms with Crippen LogP contribution in [0.1, 0.15) is 11.1 Å². The van der Waals surface area contributed by atoms with Crippen molar-refractivity contribution < 1.29 is 32.0 Å². The Labute approximate surface area is 166 Å². The van der Waals surface area contributed by atoms with E-state index in [1.165, 1.54) is 14.2 Å². The smallest absolute Gasteiger partial charge is 0.416 e. The van der Waals surface area contributed by atoms with E-state index >= 15 is 0 Å². The van der Waals surface area contributed by atoms with Crippen LogP contribution in [-0.2, 0) is 12.7 Å².